The number of hydrogen-bond donors (Lipinski definition) is 1. The molecule has 1 unspecified atom stereocenters. The zero-order valence-corrected chi connectivity index (χ0v) is 11.6. The third kappa shape index (κ3) is 4.57. The van der Waals surface area contributed by atoms with Crippen molar-refractivity contribution in [1.82, 2.24) is 15.1 Å². The maximum absolute atomic E-state index is 3.46. The van der Waals surface area contributed by atoms with E-state index in [0.29, 0.717) is 0 Å². The summed E-state index contributed by atoms with van der Waals surface area (Å²) in [6, 6.07) is 0. The Balaban J connectivity index is 1.58. The lowest BCUT2D eigenvalue weighted by atomic mass is 9.95. The Morgan fingerprint density at radius 1 is 1.12 bits per heavy atom. The average molecular weight is 239 g/mol. The molecule has 2 saturated heterocycles. The van der Waals surface area contributed by atoms with E-state index in [0.717, 1.165) is 11.8 Å². The van der Waals surface area contributed by atoms with Gasteiger partial charge in [0.15, 0.2) is 0 Å². The number of piperidine rings is 1. The third-order valence-corrected chi connectivity index (χ3v) is 4.35. The fraction of sp³-hybridized carbons (Fsp3) is 1.00. The highest BCUT2D eigenvalue weighted by molar-refractivity contribution is 4.76. The first-order chi connectivity index (χ1) is 8.24. The van der Waals surface area contributed by atoms with Crippen molar-refractivity contribution < 1.29 is 0 Å². The van der Waals surface area contributed by atoms with E-state index in [4.69, 9.17) is 0 Å². The molecule has 2 heterocycles. The zero-order valence-electron chi connectivity index (χ0n) is 11.6. The van der Waals surface area contributed by atoms with E-state index in [1.165, 1.54) is 65.0 Å². The second kappa shape index (κ2) is 6.72. The Morgan fingerprint density at radius 2 is 1.88 bits per heavy atom. The maximum atomic E-state index is 3.46. The molecule has 0 radical (unpaired) electrons. The van der Waals surface area contributed by atoms with E-state index in [1.807, 2.05) is 0 Å². The first-order valence-corrected chi connectivity index (χ1v) is 7.32. The van der Waals surface area contributed by atoms with E-state index in [9.17, 15) is 0 Å². The Kier molecular flexibility index (Phi) is 5.26. The van der Waals surface area contributed by atoms with Crippen molar-refractivity contribution in [2.45, 2.75) is 25.7 Å². The largest absolute Gasteiger partial charge is 0.316 e. The Bertz CT molecular complexity index is 204. The minimum atomic E-state index is 0.939. The van der Waals surface area contributed by atoms with E-state index in [-0.39, 0.29) is 0 Å². The van der Waals surface area contributed by atoms with Gasteiger partial charge in [-0.2, -0.15) is 0 Å². The molecule has 3 nitrogen and oxygen atoms in total. The Labute approximate surface area is 107 Å². The predicted molar refractivity (Wildman–Crippen MR) is 73.3 cm³/mol. The molecule has 1 N–H and O–H groups in total. The highest BCUT2D eigenvalue weighted by Gasteiger charge is 2.21. The first kappa shape index (κ1) is 13.3. The maximum Gasteiger partial charge on any atom is 0.000451 e. The van der Waals surface area contributed by atoms with Gasteiger partial charge in [-0.25, -0.2) is 0 Å². The fourth-order valence-corrected chi connectivity index (χ4v) is 3.23. The molecule has 0 saturated carbocycles. The van der Waals surface area contributed by atoms with Crippen LogP contribution in [-0.2, 0) is 0 Å². The summed E-state index contributed by atoms with van der Waals surface area (Å²) in [5.41, 5.74) is 0. The number of rotatable bonds is 5. The molecule has 17 heavy (non-hydrogen) atoms. The van der Waals surface area contributed by atoms with Crippen LogP contribution in [0, 0.1) is 11.8 Å². The summed E-state index contributed by atoms with van der Waals surface area (Å²) in [5.74, 6) is 1.89. The molecule has 100 valence electrons. The van der Waals surface area contributed by atoms with Gasteiger partial charge in [0, 0.05) is 6.54 Å². The summed E-state index contributed by atoms with van der Waals surface area (Å²) in [7, 11) is 4.39. The lowest BCUT2D eigenvalue weighted by Crippen LogP contribution is -2.38. The minimum absolute atomic E-state index is 0.939. The summed E-state index contributed by atoms with van der Waals surface area (Å²) < 4.78 is 0. The summed E-state index contributed by atoms with van der Waals surface area (Å²) in [6.45, 7) is 7.78. The monoisotopic (exact) mass is 239 g/mol. The van der Waals surface area contributed by atoms with E-state index in [1.54, 1.807) is 0 Å². The van der Waals surface area contributed by atoms with Crippen LogP contribution in [0.3, 0.4) is 0 Å². The third-order valence-electron chi connectivity index (χ3n) is 4.35. The van der Waals surface area contributed by atoms with Gasteiger partial charge in [0.2, 0.25) is 0 Å². The van der Waals surface area contributed by atoms with Crippen molar-refractivity contribution in [3.05, 3.63) is 0 Å². The molecule has 0 aliphatic carbocycles. The molecule has 0 bridgehead atoms. The van der Waals surface area contributed by atoms with Crippen LogP contribution in [-0.4, -0.2) is 63.2 Å². The molecular weight excluding hydrogens is 210 g/mol. The Morgan fingerprint density at radius 3 is 2.47 bits per heavy atom. The average Bonchev–Trinajstić information content (AvgIpc) is 2.80. The summed E-state index contributed by atoms with van der Waals surface area (Å²) in [5, 5.41) is 3.46. The first-order valence-electron chi connectivity index (χ1n) is 7.32. The number of nitrogens with one attached hydrogen (secondary N) is 1. The van der Waals surface area contributed by atoms with Crippen LogP contribution < -0.4 is 5.32 Å². The van der Waals surface area contributed by atoms with Gasteiger partial charge in [-0.1, -0.05) is 0 Å². The number of nitrogens with zero attached hydrogens (tertiary/aromatic N) is 2. The molecule has 0 aromatic carbocycles. The van der Waals surface area contributed by atoms with Crippen LogP contribution in [0.1, 0.15) is 25.7 Å². The van der Waals surface area contributed by atoms with Crippen LogP contribution >= 0.6 is 0 Å². The van der Waals surface area contributed by atoms with E-state index >= 15 is 0 Å². The molecule has 3 heteroatoms. The molecule has 2 aliphatic rings. The molecule has 2 aliphatic heterocycles. The minimum Gasteiger partial charge on any atom is -0.316 e. The van der Waals surface area contributed by atoms with Crippen molar-refractivity contribution in [2.75, 3.05) is 53.4 Å². The van der Waals surface area contributed by atoms with Crippen LogP contribution in [0.25, 0.3) is 0 Å². The second-order valence-electron chi connectivity index (χ2n) is 6.19. The normalized spacial score (nSPS) is 28.1. The quantitative estimate of drug-likeness (QED) is 0.779. The lowest BCUT2D eigenvalue weighted by Gasteiger charge is -2.33. The SMILES string of the molecule is CN(C)CC1CCN(CCC2CCNC2)CC1. The number of hydrogen-bond acceptors (Lipinski definition) is 3. The van der Waals surface area contributed by atoms with Crippen molar-refractivity contribution in [3.63, 3.8) is 0 Å². The molecular formula is C14H29N3. The highest BCUT2D eigenvalue weighted by atomic mass is 15.1. The number of likely N-dealkylation sites (tertiary alicyclic amines) is 1. The molecule has 0 aromatic heterocycles. The topological polar surface area (TPSA) is 18.5 Å². The Hall–Kier alpha value is -0.120. The van der Waals surface area contributed by atoms with Gasteiger partial charge in [-0.15, -0.1) is 0 Å². The molecule has 0 aromatic rings. The van der Waals surface area contributed by atoms with Crippen molar-refractivity contribution in [3.8, 4) is 0 Å². The molecule has 2 rings (SSSR count). The summed E-state index contributed by atoms with van der Waals surface area (Å²) in [4.78, 5) is 5.02. The standard InChI is InChI=1S/C14H29N3/c1-16(2)12-14-5-9-17(10-6-14)8-4-13-3-7-15-11-13/h13-15H,3-12H2,1-2H3. The predicted octanol–water partition coefficient (Wildman–Crippen LogP) is 1.26. The smallest absolute Gasteiger partial charge is 0.000451 e. The van der Waals surface area contributed by atoms with Gasteiger partial charge in [0.1, 0.15) is 0 Å². The fourth-order valence-electron chi connectivity index (χ4n) is 3.23. The molecule has 0 spiro atoms. The van der Waals surface area contributed by atoms with E-state index < -0.39 is 0 Å². The van der Waals surface area contributed by atoms with Crippen molar-refractivity contribution >= 4 is 0 Å². The van der Waals surface area contributed by atoms with Gasteiger partial charge in [0.25, 0.3) is 0 Å². The highest BCUT2D eigenvalue weighted by Crippen LogP contribution is 2.19. The summed E-state index contributed by atoms with van der Waals surface area (Å²) in [6.07, 6.45) is 5.62. The zero-order chi connectivity index (χ0) is 12.1. The van der Waals surface area contributed by atoms with Crippen LogP contribution in [0.15, 0.2) is 0 Å². The van der Waals surface area contributed by atoms with Gasteiger partial charge < -0.3 is 15.1 Å². The summed E-state index contributed by atoms with van der Waals surface area (Å²) >= 11 is 0. The van der Waals surface area contributed by atoms with Gasteiger partial charge >= 0.3 is 0 Å². The molecule has 2 fully saturated rings. The lowest BCUT2D eigenvalue weighted by molar-refractivity contribution is 0.156. The van der Waals surface area contributed by atoms with Crippen LogP contribution in [0.2, 0.25) is 0 Å². The van der Waals surface area contributed by atoms with Gasteiger partial charge in [-0.3, -0.25) is 0 Å². The molecule has 1 atom stereocenters. The molecule has 0 amide bonds. The second-order valence-corrected chi connectivity index (χ2v) is 6.19. The van der Waals surface area contributed by atoms with Gasteiger partial charge in [-0.05, 0) is 84.3 Å². The van der Waals surface area contributed by atoms with Gasteiger partial charge in [0.05, 0.1) is 0 Å². The van der Waals surface area contributed by atoms with Crippen molar-refractivity contribution in [2.24, 2.45) is 11.8 Å². The van der Waals surface area contributed by atoms with E-state index in [2.05, 4.69) is 29.2 Å². The van der Waals surface area contributed by atoms with Crippen LogP contribution in [0.5, 0.6) is 0 Å². The van der Waals surface area contributed by atoms with Crippen LogP contribution in [0.4, 0.5) is 0 Å². The van der Waals surface area contributed by atoms with Crippen molar-refractivity contribution in [1.29, 1.82) is 0 Å².